The van der Waals surface area contributed by atoms with Gasteiger partial charge in [-0.05, 0) is 119 Å². The first-order chi connectivity index (χ1) is 32.3. The number of alkyl halides is 2. The number of fused-ring (bicyclic) bond motifs is 2. The van der Waals surface area contributed by atoms with Gasteiger partial charge >= 0.3 is 5.69 Å². The normalized spacial score (nSPS) is 20.9. The summed E-state index contributed by atoms with van der Waals surface area (Å²) in [7, 11) is 3.26. The van der Waals surface area contributed by atoms with Gasteiger partial charge in [0.05, 0.1) is 24.2 Å². The summed E-state index contributed by atoms with van der Waals surface area (Å²) in [5.74, 6) is 0.538. The number of aromatic nitrogens is 2. The first kappa shape index (κ1) is 47.6. The molecule has 0 radical (unpaired) electrons. The Balaban J connectivity index is 0.807. The molecule has 3 amide bonds. The number of hydrogen-bond acceptors (Lipinski definition) is 11. The quantitative estimate of drug-likeness (QED) is 0.100. The van der Waals surface area contributed by atoms with Crippen molar-refractivity contribution in [1.82, 2.24) is 34.5 Å². The molecule has 2 aromatic carbocycles. The summed E-state index contributed by atoms with van der Waals surface area (Å²) in [6.45, 7) is 9.57. The zero-order valence-corrected chi connectivity index (χ0v) is 39.0. The number of hydrogen-bond donors (Lipinski definition) is 4. The third-order valence-corrected chi connectivity index (χ3v) is 14.4. The Morgan fingerprint density at radius 2 is 1.70 bits per heavy atom. The smallest absolute Gasteiger partial charge is 0.329 e. The minimum Gasteiger partial charge on any atom is -0.493 e. The highest BCUT2D eigenvalue weighted by Crippen LogP contribution is 2.38. The number of allylic oxidation sites excluding steroid dienone is 1. The van der Waals surface area contributed by atoms with Crippen molar-refractivity contribution >= 4 is 52.1 Å². The average Bonchev–Trinajstić information content (AvgIpc) is 3.57. The molecule has 3 fully saturated rings. The maximum absolute atomic E-state index is 14.6. The van der Waals surface area contributed by atoms with Gasteiger partial charge in [-0.1, -0.05) is 0 Å². The van der Waals surface area contributed by atoms with E-state index in [9.17, 15) is 33.4 Å². The molecule has 0 spiro atoms. The van der Waals surface area contributed by atoms with Gasteiger partial charge in [-0.2, -0.15) is 0 Å². The number of ether oxygens (including phenoxy) is 1. The molecule has 0 bridgehead atoms. The molecule has 5 aliphatic rings. The topological polar surface area (TPSA) is 187 Å². The van der Waals surface area contributed by atoms with Crippen molar-refractivity contribution in [3.8, 4) is 5.75 Å². The van der Waals surface area contributed by atoms with Gasteiger partial charge in [0, 0.05) is 113 Å². The lowest BCUT2D eigenvalue weighted by atomic mass is 9.91. The molecule has 18 heteroatoms. The van der Waals surface area contributed by atoms with Crippen LogP contribution in [0.1, 0.15) is 93.9 Å². The lowest BCUT2D eigenvalue weighted by Gasteiger charge is -2.39. The Hall–Kier alpha value is -5.88. The van der Waals surface area contributed by atoms with Crippen LogP contribution < -0.4 is 31.7 Å². The van der Waals surface area contributed by atoms with E-state index in [0.717, 1.165) is 94.6 Å². The Morgan fingerprint density at radius 3 is 2.37 bits per heavy atom. The van der Waals surface area contributed by atoms with E-state index in [2.05, 4.69) is 25.4 Å². The summed E-state index contributed by atoms with van der Waals surface area (Å²) in [6.07, 6.45) is 7.68. The van der Waals surface area contributed by atoms with Crippen LogP contribution in [0.2, 0.25) is 0 Å². The molecule has 3 saturated heterocycles. The molecule has 5 aliphatic heterocycles. The molecule has 8 rings (SSSR count). The van der Waals surface area contributed by atoms with Crippen LogP contribution in [-0.4, -0.2) is 132 Å². The third kappa shape index (κ3) is 10.5. The van der Waals surface area contributed by atoms with Gasteiger partial charge in [0.2, 0.25) is 17.7 Å². The first-order valence-corrected chi connectivity index (χ1v) is 23.9. The lowest BCUT2D eigenvalue weighted by molar-refractivity contribution is -0.135. The Kier molecular flexibility index (Phi) is 14.9. The van der Waals surface area contributed by atoms with E-state index < -0.39 is 18.4 Å². The number of carbonyl (C=O) groups is 3. The number of likely N-dealkylation sites (tertiary alicyclic amines) is 2. The number of nitrogens with one attached hydrogen (secondary N) is 3. The molecule has 360 valence electrons. The van der Waals surface area contributed by atoms with E-state index in [1.54, 1.807) is 32.0 Å². The predicted octanol–water partition coefficient (Wildman–Crippen LogP) is 4.73. The van der Waals surface area contributed by atoms with E-state index in [1.807, 2.05) is 23.1 Å². The van der Waals surface area contributed by atoms with E-state index in [4.69, 9.17) is 10.5 Å². The van der Waals surface area contributed by atoms with Crippen LogP contribution in [0.3, 0.4) is 0 Å². The SMILES string of the molecule is CN=CC(=CN)c1cc2c(cc1C(F)F)N(C(=N)C1=C(NC3CCN(CCCN4CCC(COc5ccc6c(c5)n(C)c(=O)n6C5CCC(=O)NC5=O)CC4)CC3)CCN(C(C)=O)C1)CCC2. The van der Waals surface area contributed by atoms with Crippen molar-refractivity contribution in [1.29, 1.82) is 5.41 Å². The van der Waals surface area contributed by atoms with Crippen LogP contribution in [0.15, 0.2) is 57.6 Å². The second-order valence-electron chi connectivity index (χ2n) is 18.7. The largest absolute Gasteiger partial charge is 0.493 e. The number of anilines is 1. The van der Waals surface area contributed by atoms with Crippen LogP contribution in [0, 0.1) is 11.3 Å². The fourth-order valence-corrected chi connectivity index (χ4v) is 10.5. The molecular weight excluding hydrogens is 861 g/mol. The van der Waals surface area contributed by atoms with Crippen LogP contribution in [0.4, 0.5) is 14.5 Å². The number of aryl methyl sites for hydroxylation is 2. The van der Waals surface area contributed by atoms with Gasteiger partial charge in [0.1, 0.15) is 17.6 Å². The van der Waals surface area contributed by atoms with Crippen molar-refractivity contribution in [2.45, 2.75) is 89.6 Å². The van der Waals surface area contributed by atoms with Crippen molar-refractivity contribution in [3.63, 3.8) is 0 Å². The number of rotatable bonds is 14. The maximum Gasteiger partial charge on any atom is 0.329 e. The number of halogens is 2. The lowest BCUT2D eigenvalue weighted by Crippen LogP contribution is -2.48. The minimum atomic E-state index is -2.75. The molecule has 1 atom stereocenters. The Morgan fingerprint density at radius 1 is 0.970 bits per heavy atom. The number of nitrogens with zero attached hydrogens (tertiary/aromatic N) is 7. The van der Waals surface area contributed by atoms with Crippen molar-refractivity contribution in [2.24, 2.45) is 23.7 Å². The predicted molar refractivity (Wildman–Crippen MR) is 256 cm³/mol. The summed E-state index contributed by atoms with van der Waals surface area (Å²) in [6, 6.07) is 8.32. The number of amidine groups is 1. The number of aliphatic imine (C=N–C) groups is 1. The number of piperidine rings is 3. The number of nitrogens with two attached hydrogens (primary N) is 1. The molecule has 0 aliphatic carbocycles. The fraction of sp³-hybridized carbons (Fsp3) is 0.551. The van der Waals surface area contributed by atoms with E-state index in [1.165, 1.54) is 27.6 Å². The monoisotopic (exact) mass is 926 g/mol. The van der Waals surface area contributed by atoms with Crippen LogP contribution in [0.5, 0.6) is 5.75 Å². The molecule has 16 nitrogen and oxygen atoms in total. The molecule has 0 saturated carbocycles. The number of carbonyl (C=O) groups excluding carboxylic acids is 3. The number of amides is 3. The Labute approximate surface area is 390 Å². The summed E-state index contributed by atoms with van der Waals surface area (Å²) in [5, 5.41) is 15.7. The van der Waals surface area contributed by atoms with E-state index >= 15 is 0 Å². The van der Waals surface area contributed by atoms with Gasteiger partial charge in [-0.25, -0.2) is 13.6 Å². The summed E-state index contributed by atoms with van der Waals surface area (Å²) in [4.78, 5) is 62.7. The second-order valence-corrected chi connectivity index (χ2v) is 18.7. The van der Waals surface area contributed by atoms with Gasteiger partial charge < -0.3 is 35.4 Å². The molecule has 6 heterocycles. The highest BCUT2D eigenvalue weighted by atomic mass is 19.3. The summed E-state index contributed by atoms with van der Waals surface area (Å²) in [5.41, 5.74) is 10.7. The summed E-state index contributed by atoms with van der Waals surface area (Å²) < 4.78 is 38.4. The number of benzene rings is 2. The van der Waals surface area contributed by atoms with Gasteiger partial charge in [-0.15, -0.1) is 0 Å². The van der Waals surface area contributed by atoms with Gasteiger partial charge in [0.25, 0.3) is 6.43 Å². The van der Waals surface area contributed by atoms with E-state index in [-0.39, 0.29) is 41.4 Å². The molecule has 67 heavy (non-hydrogen) atoms. The third-order valence-electron chi connectivity index (χ3n) is 14.4. The highest BCUT2D eigenvalue weighted by Gasteiger charge is 2.34. The van der Waals surface area contributed by atoms with Crippen LogP contribution >= 0.6 is 0 Å². The van der Waals surface area contributed by atoms with E-state index in [0.29, 0.717) is 85.0 Å². The first-order valence-electron chi connectivity index (χ1n) is 23.9. The standard InChI is InChI=1S/C49H65F2N11O5/c1-31(63)60-23-15-40(39(29-60)47(53)61-18-4-6-33-24-37(34(27-52)28-54-2)38(46(50)51)26-43(33)61)55-35-13-21-59(22-14-35)17-5-16-58-19-11-32(12-20-58)30-67-36-7-8-41-44(25-36)57(3)49(66)62(41)42-9-10-45(64)56-48(42)65/h7-8,24-28,32,35,42,46,53,55H,4-6,9-23,29-30,52H2,1-3H3,(H,56,64,65). The summed E-state index contributed by atoms with van der Waals surface area (Å²) >= 11 is 0. The number of imidazole rings is 1. The molecule has 3 aromatic rings. The Bertz CT molecular complexity index is 2510. The van der Waals surface area contributed by atoms with Crippen LogP contribution in [-0.2, 0) is 27.9 Å². The molecular formula is C49H65F2N11O5. The highest BCUT2D eigenvalue weighted by molar-refractivity contribution is 6.12. The maximum atomic E-state index is 14.6. The zero-order chi connectivity index (χ0) is 47.4. The molecule has 1 unspecified atom stereocenters. The second kappa shape index (κ2) is 21.0. The number of imide groups is 1. The minimum absolute atomic E-state index is 0.0538. The van der Waals surface area contributed by atoms with Crippen molar-refractivity contribution in [3.05, 3.63) is 75.0 Å². The average molecular weight is 926 g/mol. The van der Waals surface area contributed by atoms with Crippen molar-refractivity contribution < 1.29 is 27.9 Å². The van der Waals surface area contributed by atoms with Gasteiger partial charge in [-0.3, -0.25) is 39.2 Å². The van der Waals surface area contributed by atoms with Gasteiger partial charge in [0.15, 0.2) is 0 Å². The fourth-order valence-electron chi connectivity index (χ4n) is 10.5. The molecule has 5 N–H and O–H groups in total. The van der Waals surface area contributed by atoms with Crippen LogP contribution in [0.25, 0.3) is 16.6 Å². The van der Waals surface area contributed by atoms with Crippen molar-refractivity contribution in [2.75, 3.05) is 77.5 Å². The zero-order valence-electron chi connectivity index (χ0n) is 39.0. The molecule has 1 aromatic heterocycles.